The number of nitrogen functional groups attached to an aromatic ring is 1. The van der Waals surface area contributed by atoms with Gasteiger partial charge >= 0.3 is 5.97 Å². The number of rotatable bonds is 7. The Bertz CT molecular complexity index is 666. The maximum absolute atomic E-state index is 10.6. The number of para-hydroxylation sites is 2. The summed E-state index contributed by atoms with van der Waals surface area (Å²) in [6, 6.07) is 8.74. The molecule has 0 bridgehead atoms. The van der Waals surface area contributed by atoms with Crippen molar-refractivity contribution in [2.45, 2.75) is 11.6 Å². The fourth-order valence-electron chi connectivity index (χ4n) is 1.65. The van der Waals surface area contributed by atoms with Gasteiger partial charge in [0.05, 0.1) is 12.9 Å². The second-order valence-corrected chi connectivity index (χ2v) is 5.16. The molecular weight excluding hydrogens is 306 g/mol. The van der Waals surface area contributed by atoms with Gasteiger partial charge < -0.3 is 20.3 Å². The molecule has 0 saturated carbocycles. The summed E-state index contributed by atoms with van der Waals surface area (Å²) in [5.41, 5.74) is 5.70. The summed E-state index contributed by atoms with van der Waals surface area (Å²) >= 11 is 1.08. The topological polar surface area (TPSA) is 108 Å². The van der Waals surface area contributed by atoms with Crippen LogP contribution < -0.4 is 15.2 Å². The summed E-state index contributed by atoms with van der Waals surface area (Å²) in [5.74, 6) is 0.792. The Kier molecular flexibility index (Phi) is 5.42. The van der Waals surface area contributed by atoms with Crippen molar-refractivity contribution in [3.05, 3.63) is 36.2 Å². The number of carbonyl (C=O) groups is 1. The van der Waals surface area contributed by atoms with Crippen molar-refractivity contribution in [3.63, 3.8) is 0 Å². The number of nitrogens with zero attached hydrogens (tertiary/aromatic N) is 2. The highest BCUT2D eigenvalue weighted by Gasteiger charge is 2.08. The second kappa shape index (κ2) is 7.51. The maximum Gasteiger partial charge on any atom is 0.313 e. The number of hydrogen-bond donors (Lipinski definition) is 2. The number of nitrogens with two attached hydrogens (primary N) is 1. The van der Waals surface area contributed by atoms with Crippen LogP contribution in [0, 0.1) is 0 Å². The monoisotopic (exact) mass is 321 g/mol. The van der Waals surface area contributed by atoms with E-state index in [0.717, 1.165) is 11.8 Å². The highest BCUT2D eigenvalue weighted by Crippen LogP contribution is 2.26. The molecule has 0 fully saturated rings. The van der Waals surface area contributed by atoms with E-state index in [-0.39, 0.29) is 18.2 Å². The first-order chi connectivity index (χ1) is 10.6. The van der Waals surface area contributed by atoms with Crippen molar-refractivity contribution < 1.29 is 19.4 Å². The molecular formula is C14H15N3O4S. The van der Waals surface area contributed by atoms with Crippen molar-refractivity contribution >= 4 is 23.5 Å². The van der Waals surface area contributed by atoms with Crippen molar-refractivity contribution in [3.8, 4) is 11.5 Å². The highest BCUT2D eigenvalue weighted by molar-refractivity contribution is 7.99. The summed E-state index contributed by atoms with van der Waals surface area (Å²) in [5, 5.41) is 9.18. The minimum Gasteiger partial charge on any atom is -0.493 e. The predicted molar refractivity (Wildman–Crippen MR) is 82.1 cm³/mol. The van der Waals surface area contributed by atoms with Gasteiger partial charge in [-0.05, 0) is 12.1 Å². The van der Waals surface area contributed by atoms with Gasteiger partial charge in [0.2, 0.25) is 0 Å². The number of benzene rings is 1. The van der Waals surface area contributed by atoms with Crippen LogP contribution in [0.15, 0.2) is 35.4 Å². The van der Waals surface area contributed by atoms with Crippen LogP contribution in [-0.4, -0.2) is 33.9 Å². The molecule has 3 N–H and O–H groups in total. The molecule has 0 aliphatic carbocycles. The van der Waals surface area contributed by atoms with Crippen LogP contribution in [0.1, 0.15) is 5.82 Å². The molecule has 2 aromatic rings. The third-order valence-corrected chi connectivity index (χ3v) is 3.43. The number of aromatic nitrogens is 2. The lowest BCUT2D eigenvalue weighted by molar-refractivity contribution is -0.133. The number of hydrogen-bond acceptors (Lipinski definition) is 7. The van der Waals surface area contributed by atoms with E-state index < -0.39 is 5.97 Å². The van der Waals surface area contributed by atoms with Crippen molar-refractivity contribution in [2.24, 2.45) is 0 Å². The molecule has 8 heteroatoms. The molecule has 0 amide bonds. The molecule has 116 valence electrons. The lowest BCUT2D eigenvalue weighted by atomic mass is 10.3. The SMILES string of the molecule is COc1ccccc1OCc1nc(N)cc(SCC(=O)O)n1. The first-order valence-corrected chi connectivity index (χ1v) is 7.31. The molecule has 1 heterocycles. The highest BCUT2D eigenvalue weighted by atomic mass is 32.2. The van der Waals surface area contributed by atoms with E-state index in [9.17, 15) is 4.79 Å². The molecule has 7 nitrogen and oxygen atoms in total. The first-order valence-electron chi connectivity index (χ1n) is 6.32. The molecule has 1 aromatic heterocycles. The average molecular weight is 321 g/mol. The standard InChI is InChI=1S/C14H15N3O4S/c1-20-9-4-2-3-5-10(9)21-7-12-16-11(15)6-13(17-12)22-8-14(18)19/h2-6H,7-8H2,1H3,(H,18,19)(H2,15,16,17). The smallest absolute Gasteiger partial charge is 0.313 e. The zero-order chi connectivity index (χ0) is 15.9. The van der Waals surface area contributed by atoms with Gasteiger partial charge in [-0.15, -0.1) is 0 Å². The van der Waals surface area contributed by atoms with Gasteiger partial charge in [-0.1, -0.05) is 23.9 Å². The van der Waals surface area contributed by atoms with Crippen LogP contribution in [0.5, 0.6) is 11.5 Å². The summed E-state index contributed by atoms with van der Waals surface area (Å²) in [4.78, 5) is 18.9. The zero-order valence-corrected chi connectivity index (χ0v) is 12.7. The van der Waals surface area contributed by atoms with Gasteiger partial charge in [0.1, 0.15) is 17.5 Å². The summed E-state index contributed by atoms with van der Waals surface area (Å²) in [7, 11) is 1.56. The van der Waals surface area contributed by atoms with Crippen LogP contribution >= 0.6 is 11.8 Å². The van der Waals surface area contributed by atoms with Crippen LogP contribution in [-0.2, 0) is 11.4 Å². The number of ether oxygens (including phenoxy) is 2. The number of aliphatic carboxylic acids is 1. The lowest BCUT2D eigenvalue weighted by Crippen LogP contribution is -2.06. The molecule has 0 atom stereocenters. The van der Waals surface area contributed by atoms with Crippen LogP contribution in [0.3, 0.4) is 0 Å². The molecule has 0 aliphatic heterocycles. The van der Waals surface area contributed by atoms with Gasteiger partial charge in [0.25, 0.3) is 0 Å². The third-order valence-electron chi connectivity index (χ3n) is 2.54. The molecule has 0 saturated heterocycles. The fourth-order valence-corrected chi connectivity index (χ4v) is 2.29. The molecule has 0 radical (unpaired) electrons. The Morgan fingerprint density at radius 2 is 2.05 bits per heavy atom. The molecule has 2 rings (SSSR count). The Labute approximate surface area is 131 Å². The van der Waals surface area contributed by atoms with E-state index in [1.54, 1.807) is 19.2 Å². The number of anilines is 1. The fraction of sp³-hybridized carbons (Fsp3) is 0.214. The van der Waals surface area contributed by atoms with Gasteiger partial charge in [-0.2, -0.15) is 0 Å². The molecule has 0 aliphatic rings. The van der Waals surface area contributed by atoms with Gasteiger partial charge in [-0.3, -0.25) is 4.79 Å². The third kappa shape index (κ3) is 4.52. The van der Waals surface area contributed by atoms with Crippen molar-refractivity contribution in [1.82, 2.24) is 9.97 Å². The van der Waals surface area contributed by atoms with E-state index in [4.69, 9.17) is 20.3 Å². The molecule has 22 heavy (non-hydrogen) atoms. The summed E-state index contributed by atoms with van der Waals surface area (Å²) < 4.78 is 10.8. The number of methoxy groups -OCH3 is 1. The van der Waals surface area contributed by atoms with E-state index in [1.807, 2.05) is 12.1 Å². The van der Waals surface area contributed by atoms with Crippen molar-refractivity contribution in [2.75, 3.05) is 18.6 Å². The van der Waals surface area contributed by atoms with Gasteiger partial charge in [0.15, 0.2) is 17.3 Å². The largest absolute Gasteiger partial charge is 0.493 e. The number of carboxylic acid groups (broad SMARTS) is 1. The van der Waals surface area contributed by atoms with Crippen LogP contribution in [0.4, 0.5) is 5.82 Å². The van der Waals surface area contributed by atoms with E-state index in [1.165, 1.54) is 6.07 Å². The van der Waals surface area contributed by atoms with Gasteiger partial charge in [-0.25, -0.2) is 9.97 Å². The Hall–Kier alpha value is -2.48. The van der Waals surface area contributed by atoms with Crippen LogP contribution in [0.25, 0.3) is 0 Å². The Balaban J connectivity index is 2.07. The number of carboxylic acids is 1. The average Bonchev–Trinajstić information content (AvgIpc) is 2.50. The Morgan fingerprint density at radius 3 is 2.73 bits per heavy atom. The maximum atomic E-state index is 10.6. The molecule has 0 spiro atoms. The first kappa shape index (κ1) is 15.9. The van der Waals surface area contributed by atoms with E-state index >= 15 is 0 Å². The quantitative estimate of drug-likeness (QED) is 0.587. The van der Waals surface area contributed by atoms with Crippen LogP contribution in [0.2, 0.25) is 0 Å². The number of thioether (sulfide) groups is 1. The lowest BCUT2D eigenvalue weighted by Gasteiger charge is -2.10. The molecule has 1 aromatic carbocycles. The minimum atomic E-state index is -0.922. The van der Waals surface area contributed by atoms with Gasteiger partial charge in [0, 0.05) is 6.07 Å². The second-order valence-electron chi connectivity index (χ2n) is 4.17. The van der Waals surface area contributed by atoms with E-state index in [0.29, 0.717) is 22.3 Å². The Morgan fingerprint density at radius 1 is 1.32 bits per heavy atom. The normalized spacial score (nSPS) is 10.2. The summed E-state index contributed by atoms with van der Waals surface area (Å²) in [6.45, 7) is 0.103. The summed E-state index contributed by atoms with van der Waals surface area (Å²) in [6.07, 6.45) is 0. The minimum absolute atomic E-state index is 0.0940. The zero-order valence-electron chi connectivity index (χ0n) is 11.9. The molecule has 0 unspecified atom stereocenters. The van der Waals surface area contributed by atoms with E-state index in [2.05, 4.69) is 9.97 Å². The van der Waals surface area contributed by atoms with Crippen molar-refractivity contribution in [1.29, 1.82) is 0 Å². The predicted octanol–water partition coefficient (Wildman–Crippen LogP) is 1.82.